The highest BCUT2D eigenvalue weighted by Gasteiger charge is 2.31. The zero-order valence-electron chi connectivity index (χ0n) is 17.8. The second-order valence-corrected chi connectivity index (χ2v) is 7.57. The summed E-state index contributed by atoms with van der Waals surface area (Å²) in [6, 6.07) is 9.87. The Morgan fingerprint density at radius 1 is 1.25 bits per heavy atom. The number of amides is 2. The van der Waals surface area contributed by atoms with E-state index in [4.69, 9.17) is 13.6 Å². The number of rotatable bonds is 7. The van der Waals surface area contributed by atoms with Crippen LogP contribution in [-0.4, -0.2) is 36.1 Å². The summed E-state index contributed by atoms with van der Waals surface area (Å²) >= 11 is 0. The number of anilines is 1. The number of carbonyl (C=O) groups is 2. The van der Waals surface area contributed by atoms with Crippen LogP contribution in [0, 0.1) is 0 Å². The largest absolute Gasteiger partial charge is 0.467 e. The minimum absolute atomic E-state index is 0.0629. The van der Waals surface area contributed by atoms with Crippen LogP contribution < -0.4 is 16.3 Å². The highest BCUT2D eigenvalue weighted by Crippen LogP contribution is 2.26. The summed E-state index contributed by atoms with van der Waals surface area (Å²) in [6.07, 6.45) is 2.64. The number of ether oxygens (including phenoxy) is 1. The first-order valence-corrected chi connectivity index (χ1v) is 10.6. The molecule has 3 heterocycles. The molecule has 0 bridgehead atoms. The molecule has 1 aliphatic rings. The van der Waals surface area contributed by atoms with Crippen LogP contribution in [0.4, 0.5) is 10.5 Å². The van der Waals surface area contributed by atoms with Gasteiger partial charge in [-0.05, 0) is 56.1 Å². The smallest absolute Gasteiger partial charge is 0.411 e. The number of carbonyl (C=O) groups excluding carboxylic acids is 2. The van der Waals surface area contributed by atoms with Crippen LogP contribution in [0.1, 0.15) is 31.1 Å². The highest BCUT2D eigenvalue weighted by atomic mass is 16.5. The average Bonchev–Trinajstić information content (AvgIpc) is 3.44. The van der Waals surface area contributed by atoms with Gasteiger partial charge in [-0.3, -0.25) is 15.0 Å². The summed E-state index contributed by atoms with van der Waals surface area (Å²) < 4.78 is 15.5. The van der Waals surface area contributed by atoms with Crippen molar-refractivity contribution in [2.45, 2.75) is 38.9 Å². The van der Waals surface area contributed by atoms with Gasteiger partial charge >= 0.3 is 11.7 Å². The number of benzene rings is 1. The summed E-state index contributed by atoms with van der Waals surface area (Å²) in [5.41, 5.74) is 1.11. The van der Waals surface area contributed by atoms with Gasteiger partial charge in [-0.1, -0.05) is 0 Å². The van der Waals surface area contributed by atoms with E-state index in [1.54, 1.807) is 37.5 Å². The van der Waals surface area contributed by atoms with Crippen molar-refractivity contribution in [2.24, 2.45) is 0 Å². The molecule has 3 aromatic rings. The number of nitrogens with zero attached hydrogens (tertiary/aromatic N) is 1. The van der Waals surface area contributed by atoms with E-state index >= 15 is 0 Å². The van der Waals surface area contributed by atoms with Crippen LogP contribution in [0.5, 0.6) is 0 Å². The first-order chi connectivity index (χ1) is 15.5. The molecule has 0 aliphatic carbocycles. The van der Waals surface area contributed by atoms with Gasteiger partial charge in [0.2, 0.25) is 5.91 Å². The van der Waals surface area contributed by atoms with Gasteiger partial charge in [-0.2, -0.15) is 0 Å². The third-order valence-corrected chi connectivity index (χ3v) is 5.41. The quantitative estimate of drug-likeness (QED) is 0.543. The lowest BCUT2D eigenvalue weighted by molar-refractivity contribution is -0.125. The van der Waals surface area contributed by atoms with Crippen LogP contribution >= 0.6 is 0 Å². The number of fused-ring (bicyclic) bond motifs is 1. The Hall–Kier alpha value is -3.59. The zero-order valence-corrected chi connectivity index (χ0v) is 17.8. The second kappa shape index (κ2) is 9.69. The van der Waals surface area contributed by atoms with Crippen LogP contribution in [0.2, 0.25) is 0 Å². The van der Waals surface area contributed by atoms with Crippen molar-refractivity contribution in [1.29, 1.82) is 0 Å². The van der Waals surface area contributed by atoms with Gasteiger partial charge in [0.05, 0.1) is 25.5 Å². The minimum atomic E-state index is -0.578. The summed E-state index contributed by atoms with van der Waals surface area (Å²) in [7, 11) is 0. The zero-order chi connectivity index (χ0) is 22.5. The molecule has 2 aromatic heterocycles. The summed E-state index contributed by atoms with van der Waals surface area (Å²) in [6.45, 7) is 3.50. The third-order valence-electron chi connectivity index (χ3n) is 5.41. The SMILES string of the molecule is CCOC(=O)Nc1ccc2c(CN3CCCC3C(=O)NCc3ccco3)cc(=O)oc2c1. The molecular weight excluding hydrogens is 414 g/mol. The van der Waals surface area contributed by atoms with E-state index in [0.29, 0.717) is 30.1 Å². The van der Waals surface area contributed by atoms with Crippen LogP contribution in [0.25, 0.3) is 11.0 Å². The van der Waals surface area contributed by atoms with E-state index < -0.39 is 11.7 Å². The molecule has 9 nitrogen and oxygen atoms in total. The molecule has 1 aromatic carbocycles. The Morgan fingerprint density at radius 3 is 2.91 bits per heavy atom. The molecule has 1 aliphatic heterocycles. The lowest BCUT2D eigenvalue weighted by atomic mass is 10.1. The Bertz CT molecular complexity index is 1150. The summed E-state index contributed by atoms with van der Waals surface area (Å²) in [5, 5.41) is 6.27. The molecule has 2 N–H and O–H groups in total. The van der Waals surface area contributed by atoms with Crippen LogP contribution in [0.3, 0.4) is 0 Å². The Kier molecular flexibility index (Phi) is 6.55. The Balaban J connectivity index is 1.50. The van der Waals surface area contributed by atoms with Gasteiger partial charge < -0.3 is 18.9 Å². The number of hydrogen-bond acceptors (Lipinski definition) is 7. The predicted octanol–water partition coefficient (Wildman–Crippen LogP) is 3.24. The lowest BCUT2D eigenvalue weighted by Crippen LogP contribution is -2.42. The molecule has 0 saturated carbocycles. The van der Waals surface area contributed by atoms with Crippen LogP contribution in [0.15, 0.2) is 56.3 Å². The van der Waals surface area contributed by atoms with E-state index in [-0.39, 0.29) is 18.6 Å². The van der Waals surface area contributed by atoms with Gasteiger partial charge in [0.25, 0.3) is 0 Å². The maximum absolute atomic E-state index is 12.7. The molecule has 1 atom stereocenters. The maximum atomic E-state index is 12.7. The van der Waals surface area contributed by atoms with E-state index in [1.807, 2.05) is 6.07 Å². The van der Waals surface area contributed by atoms with Crippen molar-refractivity contribution in [2.75, 3.05) is 18.5 Å². The van der Waals surface area contributed by atoms with E-state index in [0.717, 1.165) is 30.3 Å². The third kappa shape index (κ3) is 5.00. The van der Waals surface area contributed by atoms with Gasteiger partial charge in [-0.25, -0.2) is 9.59 Å². The molecule has 9 heteroatoms. The van der Waals surface area contributed by atoms with Crippen molar-refractivity contribution in [3.8, 4) is 0 Å². The minimum Gasteiger partial charge on any atom is -0.467 e. The fourth-order valence-electron chi connectivity index (χ4n) is 3.96. The van der Waals surface area contributed by atoms with Crippen LogP contribution in [-0.2, 0) is 22.6 Å². The van der Waals surface area contributed by atoms with Crippen molar-refractivity contribution in [1.82, 2.24) is 10.2 Å². The maximum Gasteiger partial charge on any atom is 0.411 e. The fraction of sp³-hybridized carbons (Fsp3) is 0.348. The number of nitrogens with one attached hydrogen (secondary N) is 2. The Morgan fingerprint density at radius 2 is 2.12 bits per heavy atom. The molecule has 0 spiro atoms. The standard InChI is InChI=1S/C23H25N3O6/c1-2-30-23(29)25-16-7-8-18-15(11-21(27)32-20(18)12-16)14-26-9-3-6-19(26)22(28)24-13-17-5-4-10-31-17/h4-5,7-8,10-12,19H,2-3,6,9,13-14H2,1H3,(H,24,28)(H,25,29). The molecule has 2 amide bonds. The molecule has 1 saturated heterocycles. The molecule has 168 valence electrons. The van der Waals surface area contributed by atoms with Crippen molar-refractivity contribution >= 4 is 28.7 Å². The molecule has 4 rings (SSSR count). The molecule has 0 radical (unpaired) electrons. The van der Waals surface area contributed by atoms with Crippen molar-refractivity contribution in [3.05, 3.63) is 64.4 Å². The summed E-state index contributed by atoms with van der Waals surface area (Å²) in [5.74, 6) is 0.633. The number of likely N-dealkylation sites (tertiary alicyclic amines) is 1. The molecule has 32 heavy (non-hydrogen) atoms. The first kappa shape index (κ1) is 21.6. The van der Waals surface area contributed by atoms with Gasteiger partial charge in [-0.15, -0.1) is 0 Å². The van der Waals surface area contributed by atoms with Crippen molar-refractivity contribution < 1.29 is 23.2 Å². The topological polar surface area (TPSA) is 114 Å². The molecule has 1 unspecified atom stereocenters. The average molecular weight is 439 g/mol. The number of furan rings is 1. The predicted molar refractivity (Wildman–Crippen MR) is 117 cm³/mol. The number of hydrogen-bond donors (Lipinski definition) is 2. The van der Waals surface area contributed by atoms with E-state index in [9.17, 15) is 14.4 Å². The Labute approximate surface area is 184 Å². The van der Waals surface area contributed by atoms with Gasteiger partial charge in [0, 0.05) is 29.8 Å². The lowest BCUT2D eigenvalue weighted by Gasteiger charge is -2.24. The second-order valence-electron chi connectivity index (χ2n) is 7.57. The van der Waals surface area contributed by atoms with Gasteiger partial charge in [0.1, 0.15) is 11.3 Å². The molecule has 1 fully saturated rings. The van der Waals surface area contributed by atoms with E-state index in [1.165, 1.54) is 6.07 Å². The monoisotopic (exact) mass is 439 g/mol. The van der Waals surface area contributed by atoms with E-state index in [2.05, 4.69) is 15.5 Å². The van der Waals surface area contributed by atoms with Crippen molar-refractivity contribution in [3.63, 3.8) is 0 Å². The fourth-order valence-corrected chi connectivity index (χ4v) is 3.96. The highest BCUT2D eigenvalue weighted by molar-refractivity contribution is 5.90. The molecular formula is C23H25N3O6. The first-order valence-electron chi connectivity index (χ1n) is 10.6. The summed E-state index contributed by atoms with van der Waals surface area (Å²) in [4.78, 5) is 38.7. The van der Waals surface area contributed by atoms with Gasteiger partial charge in [0.15, 0.2) is 0 Å². The normalized spacial score (nSPS) is 16.2.